The smallest absolute Gasteiger partial charge is 0.248 e. The minimum atomic E-state index is -0.479. The van der Waals surface area contributed by atoms with E-state index in [9.17, 15) is 19.2 Å². The van der Waals surface area contributed by atoms with E-state index in [1.165, 1.54) is 20.0 Å². The fourth-order valence-electron chi connectivity index (χ4n) is 4.50. The zero-order valence-electron chi connectivity index (χ0n) is 30.0. The number of hydrogen-bond acceptors (Lipinski definition) is 8. The number of carbonyl (C=O) groups is 4. The third-order valence-electron chi connectivity index (χ3n) is 7.11. The van der Waals surface area contributed by atoms with Crippen LogP contribution in [0.2, 0.25) is 0 Å². The van der Waals surface area contributed by atoms with E-state index >= 15 is 0 Å². The Kier molecular flexibility index (Phi) is 17.2. The summed E-state index contributed by atoms with van der Waals surface area (Å²) in [4.78, 5) is 50.2. The van der Waals surface area contributed by atoms with Gasteiger partial charge in [-0.3, -0.25) is 60.9 Å². The predicted octanol–water partition coefficient (Wildman–Crippen LogP) is 4.11. The molecule has 0 aromatic heterocycles. The van der Waals surface area contributed by atoms with Gasteiger partial charge in [-0.2, -0.15) is 0 Å². The van der Waals surface area contributed by atoms with Crippen LogP contribution in [-0.2, 0) is 19.2 Å². The number of thiocarbonyl (C=S) groups is 4. The fourth-order valence-corrected chi connectivity index (χ4v) is 5.23. The van der Waals surface area contributed by atoms with Crippen LogP contribution in [0.4, 0.5) is 0 Å². The molecule has 0 unspecified atom stereocenters. The van der Waals surface area contributed by atoms with Gasteiger partial charge < -0.3 is 0 Å². The first-order valence-corrected chi connectivity index (χ1v) is 17.9. The van der Waals surface area contributed by atoms with Gasteiger partial charge in [0.1, 0.15) is 32.8 Å². The molecule has 54 heavy (non-hydrogen) atoms. The van der Waals surface area contributed by atoms with Gasteiger partial charge >= 0.3 is 0 Å². The molecule has 0 aliphatic carbocycles. The minimum absolute atomic E-state index is 0.358. The Labute approximate surface area is 336 Å². The van der Waals surface area contributed by atoms with Crippen LogP contribution in [0.3, 0.4) is 0 Å². The number of rotatable bonds is 8. The van der Waals surface area contributed by atoms with Crippen molar-refractivity contribution in [1.29, 1.82) is 0 Å². The van der Waals surface area contributed by atoms with E-state index in [0.29, 0.717) is 20.0 Å². The molecule has 4 N–H and O–H groups in total. The van der Waals surface area contributed by atoms with Crippen molar-refractivity contribution in [3.8, 4) is 0 Å². The highest BCUT2D eigenvalue weighted by atomic mass is 32.1. The summed E-state index contributed by atoms with van der Waals surface area (Å²) in [5, 5.41) is 5.66. The van der Waals surface area contributed by atoms with E-state index < -0.39 is 23.6 Å². The van der Waals surface area contributed by atoms with E-state index in [-0.39, 0.29) is 12.8 Å². The van der Waals surface area contributed by atoms with Crippen LogP contribution in [0.15, 0.2) is 121 Å². The summed E-state index contributed by atoms with van der Waals surface area (Å²) in [5.41, 5.74) is 13.5. The molecule has 4 rings (SSSR count). The maximum absolute atomic E-state index is 12.1. The van der Waals surface area contributed by atoms with Gasteiger partial charge in [-0.05, 0) is 0 Å². The van der Waals surface area contributed by atoms with Crippen molar-refractivity contribution in [2.45, 2.75) is 12.8 Å². The largest absolute Gasteiger partial charge is 0.277 e. The molecule has 0 aliphatic rings. The highest BCUT2D eigenvalue weighted by molar-refractivity contribution is 7.81. The zero-order valence-corrected chi connectivity index (χ0v) is 33.3. The highest BCUT2D eigenvalue weighted by Gasteiger charge is 2.18. The van der Waals surface area contributed by atoms with Gasteiger partial charge in [-0.15, -0.1) is 0 Å². The van der Waals surface area contributed by atoms with Crippen LogP contribution in [0.1, 0.15) is 35.1 Å². The Hall–Kier alpha value is -5.68. The third kappa shape index (κ3) is 14.0. The SMILES string of the molecule is CN(NC(=O)CC(=O)NN(C)C(=S)c1ccccc1)C(=S)c1ccccc1.CN(NC(=O)CC(=O)NN(C)C(=S)c1ccccc1)C(=S)c1ccccc1. The molecular weight excluding hydrogens is 761 g/mol. The molecule has 0 heterocycles. The summed E-state index contributed by atoms with van der Waals surface area (Å²) >= 11 is 21.3. The molecule has 0 spiro atoms. The topological polar surface area (TPSA) is 129 Å². The lowest BCUT2D eigenvalue weighted by Crippen LogP contribution is -2.47. The number of hydrazine groups is 4. The van der Waals surface area contributed by atoms with Gasteiger partial charge in [0.2, 0.25) is 23.6 Å². The number of carbonyl (C=O) groups excluding carboxylic acids is 4. The number of benzene rings is 4. The van der Waals surface area contributed by atoms with Crippen LogP contribution in [0.5, 0.6) is 0 Å². The van der Waals surface area contributed by atoms with Gasteiger partial charge in [-0.25, -0.2) is 0 Å². The quantitative estimate of drug-likeness (QED) is 0.116. The van der Waals surface area contributed by atoms with Crippen molar-refractivity contribution in [2.75, 3.05) is 28.2 Å². The average molecular weight is 801 g/mol. The molecule has 0 saturated heterocycles. The van der Waals surface area contributed by atoms with Gasteiger partial charge in [0, 0.05) is 50.4 Å². The third-order valence-corrected chi connectivity index (χ3v) is 9.15. The average Bonchev–Trinajstić information content (AvgIpc) is 3.17. The first-order chi connectivity index (χ1) is 25.8. The van der Waals surface area contributed by atoms with Crippen molar-refractivity contribution in [3.05, 3.63) is 144 Å². The summed E-state index contributed by atoms with van der Waals surface area (Å²) < 4.78 is 0. The molecular formula is C38H40N8O4S4. The predicted molar refractivity (Wildman–Crippen MR) is 225 cm³/mol. The molecule has 0 atom stereocenters. The molecule has 12 nitrogen and oxygen atoms in total. The Morgan fingerprint density at radius 1 is 0.370 bits per heavy atom. The summed E-state index contributed by atoms with van der Waals surface area (Å²) in [7, 11) is 6.51. The lowest BCUT2D eigenvalue weighted by Gasteiger charge is -2.23. The van der Waals surface area contributed by atoms with Crippen LogP contribution < -0.4 is 21.7 Å². The lowest BCUT2D eigenvalue weighted by atomic mass is 10.2. The van der Waals surface area contributed by atoms with Crippen molar-refractivity contribution >= 4 is 92.5 Å². The van der Waals surface area contributed by atoms with E-state index in [1.54, 1.807) is 28.2 Å². The Morgan fingerprint density at radius 2 is 0.537 bits per heavy atom. The van der Waals surface area contributed by atoms with Crippen LogP contribution in [0.25, 0.3) is 0 Å². The molecule has 4 amide bonds. The molecule has 0 saturated carbocycles. The zero-order chi connectivity index (χ0) is 39.6. The van der Waals surface area contributed by atoms with Crippen LogP contribution in [-0.4, -0.2) is 91.8 Å². The van der Waals surface area contributed by atoms with Gasteiger partial charge in [-0.1, -0.05) is 170 Å². The van der Waals surface area contributed by atoms with Crippen molar-refractivity contribution in [2.24, 2.45) is 0 Å². The Morgan fingerprint density at radius 3 is 0.704 bits per heavy atom. The first kappa shape index (κ1) is 42.7. The lowest BCUT2D eigenvalue weighted by molar-refractivity contribution is -0.134. The number of nitrogens with one attached hydrogen (secondary N) is 4. The molecule has 0 radical (unpaired) electrons. The van der Waals surface area contributed by atoms with E-state index in [2.05, 4.69) is 21.7 Å². The summed E-state index contributed by atoms with van der Waals surface area (Å²) in [5.74, 6) is -1.92. The normalized spacial score (nSPS) is 9.85. The van der Waals surface area contributed by atoms with E-state index in [4.69, 9.17) is 48.9 Å². The molecule has 16 heteroatoms. The van der Waals surface area contributed by atoms with Gasteiger partial charge in [0.15, 0.2) is 0 Å². The molecule has 4 aromatic rings. The number of hydrogen-bond donors (Lipinski definition) is 4. The maximum Gasteiger partial charge on any atom is 0.248 e. The molecule has 280 valence electrons. The number of amides is 4. The number of nitrogens with zero attached hydrogens (tertiary/aromatic N) is 4. The van der Waals surface area contributed by atoms with E-state index in [0.717, 1.165) is 22.3 Å². The fraction of sp³-hybridized carbons (Fsp3) is 0.158. The van der Waals surface area contributed by atoms with Gasteiger partial charge in [0.05, 0.1) is 0 Å². The highest BCUT2D eigenvalue weighted by Crippen LogP contribution is 2.07. The monoisotopic (exact) mass is 800 g/mol. The second-order valence-electron chi connectivity index (χ2n) is 11.4. The molecule has 0 bridgehead atoms. The van der Waals surface area contributed by atoms with E-state index in [1.807, 2.05) is 121 Å². The Balaban J connectivity index is 0.000000290. The minimum Gasteiger partial charge on any atom is -0.277 e. The summed E-state index contributed by atoms with van der Waals surface area (Å²) in [6, 6.07) is 37.1. The van der Waals surface area contributed by atoms with Crippen molar-refractivity contribution in [3.63, 3.8) is 0 Å². The second kappa shape index (κ2) is 21.8. The second-order valence-corrected chi connectivity index (χ2v) is 13.0. The first-order valence-electron chi connectivity index (χ1n) is 16.3. The van der Waals surface area contributed by atoms with Crippen LogP contribution >= 0.6 is 48.9 Å². The standard InChI is InChI=1S/2C19H20N4O2S2/c2*1-22(18(26)14-9-5-3-6-10-14)20-16(24)13-17(25)21-23(2)19(27)15-11-7-4-8-12-15/h2*3-12H,13H2,1-2H3,(H,20,24)(H,21,25). The van der Waals surface area contributed by atoms with Crippen molar-refractivity contribution in [1.82, 2.24) is 41.7 Å². The molecule has 0 aliphatic heterocycles. The van der Waals surface area contributed by atoms with Crippen LogP contribution in [0, 0.1) is 0 Å². The summed E-state index contributed by atoms with van der Waals surface area (Å²) in [6.45, 7) is 0. The molecule has 4 aromatic carbocycles. The molecule has 0 fully saturated rings. The Bertz CT molecular complexity index is 1660. The maximum atomic E-state index is 12.1. The summed E-state index contributed by atoms with van der Waals surface area (Å²) in [6.07, 6.45) is -0.715. The van der Waals surface area contributed by atoms with Gasteiger partial charge in [0.25, 0.3) is 0 Å². The van der Waals surface area contributed by atoms with Crippen molar-refractivity contribution < 1.29 is 19.2 Å².